The lowest BCUT2D eigenvalue weighted by Crippen LogP contribution is -2.33. The van der Waals surface area contributed by atoms with Gasteiger partial charge in [0.2, 0.25) is 5.95 Å². The van der Waals surface area contributed by atoms with Crippen molar-refractivity contribution in [3.8, 4) is 0 Å². The summed E-state index contributed by atoms with van der Waals surface area (Å²) in [6.07, 6.45) is 0.767. The van der Waals surface area contributed by atoms with Gasteiger partial charge in [0.15, 0.2) is 5.82 Å². The van der Waals surface area contributed by atoms with E-state index in [4.69, 9.17) is 5.73 Å². The van der Waals surface area contributed by atoms with Gasteiger partial charge < -0.3 is 16.0 Å². The second-order valence-corrected chi connectivity index (χ2v) is 9.70. The Morgan fingerprint density at radius 2 is 1.83 bits per heavy atom. The molecule has 1 aromatic carbocycles. The van der Waals surface area contributed by atoms with Crippen LogP contribution in [-0.2, 0) is 0 Å². The fraction of sp³-hybridized carbons (Fsp3) is 0.480. The van der Waals surface area contributed by atoms with Crippen molar-refractivity contribution in [2.75, 3.05) is 29.9 Å². The Morgan fingerprint density at radius 1 is 1.14 bits per heavy atom. The van der Waals surface area contributed by atoms with Crippen LogP contribution in [0.1, 0.15) is 37.3 Å². The molecule has 2 unspecified atom stereocenters. The van der Waals surface area contributed by atoms with Crippen molar-refractivity contribution in [2.45, 2.75) is 44.8 Å². The number of fused-ring (bicyclic) bond motifs is 1. The maximum absolute atomic E-state index is 14.6. The second kappa shape index (κ2) is 9.34. The zero-order valence-corrected chi connectivity index (χ0v) is 19.9. The number of nitrogens with zero attached hydrogens (tertiary/aromatic N) is 4. The summed E-state index contributed by atoms with van der Waals surface area (Å²) >= 11 is 0. The minimum Gasteiger partial charge on any atom is -0.371 e. The third-order valence-electron chi connectivity index (χ3n) is 7.48. The van der Waals surface area contributed by atoms with Crippen molar-refractivity contribution < 1.29 is 17.6 Å². The highest BCUT2D eigenvalue weighted by Crippen LogP contribution is 2.39. The maximum atomic E-state index is 14.6. The number of aryl methyl sites for hydroxylation is 1. The van der Waals surface area contributed by atoms with Gasteiger partial charge in [-0.2, -0.15) is 18.2 Å². The number of aromatic nitrogens is 3. The number of halogens is 4. The molecule has 3 heterocycles. The van der Waals surface area contributed by atoms with Gasteiger partial charge in [0.1, 0.15) is 5.65 Å². The highest BCUT2D eigenvalue weighted by atomic mass is 19.4. The van der Waals surface area contributed by atoms with E-state index in [0.717, 1.165) is 25.7 Å². The molecule has 36 heavy (non-hydrogen) atoms. The summed E-state index contributed by atoms with van der Waals surface area (Å²) in [5.41, 5.74) is 6.85. The Kier molecular flexibility index (Phi) is 6.36. The van der Waals surface area contributed by atoms with Gasteiger partial charge in [-0.05, 0) is 50.6 Å². The van der Waals surface area contributed by atoms with Crippen LogP contribution in [0.3, 0.4) is 0 Å². The monoisotopic (exact) mass is 504 g/mol. The number of rotatable bonds is 5. The number of hydrogen-bond acceptors (Lipinski definition) is 6. The molecule has 1 saturated heterocycles. The fourth-order valence-corrected chi connectivity index (χ4v) is 5.44. The van der Waals surface area contributed by atoms with Crippen LogP contribution in [0.4, 0.5) is 34.9 Å². The number of benzene rings is 1. The molecule has 1 aliphatic carbocycles. The van der Waals surface area contributed by atoms with E-state index in [0.29, 0.717) is 22.4 Å². The van der Waals surface area contributed by atoms with Gasteiger partial charge in [0.05, 0.1) is 5.92 Å². The Labute approximate surface area is 205 Å². The predicted molar refractivity (Wildman–Crippen MR) is 130 cm³/mol. The van der Waals surface area contributed by atoms with E-state index < -0.39 is 29.4 Å². The molecule has 2 aliphatic rings. The lowest BCUT2D eigenvalue weighted by molar-refractivity contribution is -0.177. The average molecular weight is 505 g/mol. The van der Waals surface area contributed by atoms with Crippen LogP contribution in [0, 0.1) is 24.6 Å². The van der Waals surface area contributed by atoms with Gasteiger partial charge in [-0.1, -0.05) is 12.8 Å². The summed E-state index contributed by atoms with van der Waals surface area (Å²) in [5.74, 6) is -2.62. The molecule has 11 heteroatoms. The minimum atomic E-state index is -4.28. The molecule has 1 aliphatic heterocycles. The van der Waals surface area contributed by atoms with Gasteiger partial charge in [-0.15, -0.1) is 0 Å². The lowest BCUT2D eigenvalue weighted by atomic mass is 9.96. The molecule has 2 fully saturated rings. The van der Waals surface area contributed by atoms with E-state index in [1.54, 1.807) is 36.1 Å². The summed E-state index contributed by atoms with van der Waals surface area (Å²) in [7, 11) is 0. The SMILES string of the molecule is Cc1c(F)c(=O)n(C2CCCC2)c2nc(Nc3ccc(N4CC(CN)C(C(F)(F)F)C4)cc3)ncc12. The van der Waals surface area contributed by atoms with Crippen LogP contribution < -0.4 is 21.5 Å². The van der Waals surface area contributed by atoms with Crippen LogP contribution in [0.5, 0.6) is 0 Å². The summed E-state index contributed by atoms with van der Waals surface area (Å²) in [4.78, 5) is 23.3. The third kappa shape index (κ3) is 4.40. The largest absolute Gasteiger partial charge is 0.393 e. The minimum absolute atomic E-state index is 0.0189. The number of nitrogens with one attached hydrogen (secondary N) is 1. The smallest absolute Gasteiger partial charge is 0.371 e. The van der Waals surface area contributed by atoms with Gasteiger partial charge in [-0.3, -0.25) is 9.36 Å². The van der Waals surface area contributed by atoms with Crippen LogP contribution in [0.2, 0.25) is 0 Å². The Hall–Kier alpha value is -3.21. The molecule has 0 amide bonds. The lowest BCUT2D eigenvalue weighted by Gasteiger charge is -2.20. The fourth-order valence-electron chi connectivity index (χ4n) is 5.44. The summed E-state index contributed by atoms with van der Waals surface area (Å²) < 4.78 is 56.2. The zero-order chi connectivity index (χ0) is 25.6. The van der Waals surface area contributed by atoms with Crippen molar-refractivity contribution in [3.63, 3.8) is 0 Å². The second-order valence-electron chi connectivity index (χ2n) is 9.70. The van der Waals surface area contributed by atoms with E-state index in [1.165, 1.54) is 10.8 Å². The summed E-state index contributed by atoms with van der Waals surface area (Å²) in [6.45, 7) is 1.65. The first kappa shape index (κ1) is 24.5. The van der Waals surface area contributed by atoms with Gasteiger partial charge in [0, 0.05) is 53.6 Å². The molecule has 3 N–H and O–H groups in total. The van der Waals surface area contributed by atoms with Crippen molar-refractivity contribution in [1.29, 1.82) is 0 Å². The number of nitrogens with two attached hydrogens (primary N) is 1. The molecule has 2 atom stereocenters. The number of hydrogen-bond donors (Lipinski definition) is 2. The van der Waals surface area contributed by atoms with E-state index in [9.17, 15) is 22.4 Å². The molecule has 192 valence electrons. The first-order valence-corrected chi connectivity index (χ1v) is 12.1. The molecule has 0 bridgehead atoms. The van der Waals surface area contributed by atoms with E-state index >= 15 is 0 Å². The van der Waals surface area contributed by atoms with Crippen LogP contribution in [0.15, 0.2) is 35.3 Å². The molecule has 0 spiro atoms. The molecule has 1 saturated carbocycles. The molecular weight excluding hydrogens is 476 g/mol. The highest BCUT2D eigenvalue weighted by molar-refractivity contribution is 5.79. The van der Waals surface area contributed by atoms with Gasteiger partial charge in [0.25, 0.3) is 5.56 Å². The first-order chi connectivity index (χ1) is 17.2. The maximum Gasteiger partial charge on any atom is 0.393 e. The first-order valence-electron chi connectivity index (χ1n) is 12.1. The Morgan fingerprint density at radius 3 is 2.44 bits per heavy atom. The van der Waals surface area contributed by atoms with Crippen LogP contribution in [0.25, 0.3) is 11.0 Å². The summed E-state index contributed by atoms with van der Waals surface area (Å²) in [6, 6.07) is 6.85. The standard InChI is InChI=1S/C25H28F4N6O/c1-14-19-11-31-24(33-22(19)35(23(36)21(14)26)18-4-2-3-5-18)32-16-6-8-17(9-7-16)34-12-15(10-30)20(13-34)25(27,28)29/h6-9,11,15,18,20H,2-5,10,12-13,30H2,1H3,(H,31,32,33). The van der Waals surface area contributed by atoms with Gasteiger partial charge in [-0.25, -0.2) is 9.37 Å². The molecular formula is C25H28F4N6O. The number of pyridine rings is 1. The van der Waals surface area contributed by atoms with E-state index in [2.05, 4.69) is 15.3 Å². The quantitative estimate of drug-likeness (QED) is 0.491. The normalized spacial score (nSPS) is 21.0. The topological polar surface area (TPSA) is 89.1 Å². The van der Waals surface area contributed by atoms with Crippen molar-refractivity contribution in [1.82, 2.24) is 14.5 Å². The Bertz CT molecular complexity index is 1320. The van der Waals surface area contributed by atoms with E-state index in [-0.39, 0.29) is 37.2 Å². The zero-order valence-electron chi connectivity index (χ0n) is 19.9. The third-order valence-corrected chi connectivity index (χ3v) is 7.48. The van der Waals surface area contributed by atoms with Crippen molar-refractivity contribution in [2.24, 2.45) is 17.6 Å². The number of anilines is 3. The summed E-state index contributed by atoms with van der Waals surface area (Å²) in [5, 5.41) is 3.58. The predicted octanol–water partition coefficient (Wildman–Crippen LogP) is 4.67. The van der Waals surface area contributed by atoms with Gasteiger partial charge >= 0.3 is 6.18 Å². The molecule has 3 aromatic rings. The molecule has 0 radical (unpaired) electrons. The van der Waals surface area contributed by atoms with Crippen molar-refractivity contribution >= 4 is 28.4 Å². The molecule has 2 aromatic heterocycles. The van der Waals surface area contributed by atoms with Crippen LogP contribution in [-0.4, -0.2) is 40.3 Å². The number of alkyl halides is 3. The average Bonchev–Trinajstić information content (AvgIpc) is 3.54. The van der Waals surface area contributed by atoms with Crippen LogP contribution >= 0.6 is 0 Å². The highest BCUT2D eigenvalue weighted by Gasteiger charge is 2.49. The van der Waals surface area contributed by atoms with Crippen molar-refractivity contribution in [3.05, 3.63) is 52.2 Å². The Balaban J connectivity index is 1.40. The molecule has 7 nitrogen and oxygen atoms in total. The molecule has 5 rings (SSSR count). The van der Waals surface area contributed by atoms with E-state index in [1.807, 2.05) is 0 Å².